The number of hydrogen-bond donors (Lipinski definition) is 0. The Morgan fingerprint density at radius 3 is 2.21 bits per heavy atom. The molecule has 0 aliphatic carbocycles. The summed E-state index contributed by atoms with van der Waals surface area (Å²) in [6, 6.07) is 3.76. The van der Waals surface area contributed by atoms with Gasteiger partial charge in [0.1, 0.15) is 0 Å². The first-order valence-corrected chi connectivity index (χ1v) is 11.4. The molecule has 1 aromatic carbocycles. The number of nitrogens with zero attached hydrogens (tertiary/aromatic N) is 2. The summed E-state index contributed by atoms with van der Waals surface area (Å²) in [7, 11) is -1.60. The van der Waals surface area contributed by atoms with Gasteiger partial charge in [-0.3, -0.25) is 0 Å². The highest BCUT2D eigenvalue weighted by molar-refractivity contribution is 7.89. The smallest absolute Gasteiger partial charge is 0.306 e. The van der Waals surface area contributed by atoms with Crippen LogP contribution in [0.3, 0.4) is 0 Å². The van der Waals surface area contributed by atoms with Crippen LogP contribution in [-0.4, -0.2) is 50.8 Å². The predicted molar refractivity (Wildman–Crippen MR) is 105 cm³/mol. The fourth-order valence-electron chi connectivity index (χ4n) is 3.71. The number of sulfonamides is 1. The molecule has 4 nitrogen and oxygen atoms in total. The van der Waals surface area contributed by atoms with E-state index in [4.69, 9.17) is 0 Å². The van der Waals surface area contributed by atoms with E-state index in [1.54, 1.807) is 0 Å². The van der Waals surface area contributed by atoms with E-state index in [0.29, 0.717) is 19.0 Å². The zero-order valence-electron chi connectivity index (χ0n) is 16.7. The number of halogens is 3. The summed E-state index contributed by atoms with van der Waals surface area (Å²) in [4.78, 5) is 2.26. The van der Waals surface area contributed by atoms with E-state index in [2.05, 4.69) is 18.9 Å². The van der Waals surface area contributed by atoms with E-state index in [1.807, 2.05) is 0 Å². The lowest BCUT2D eigenvalue weighted by molar-refractivity contribution is -0.137. The first-order valence-electron chi connectivity index (χ1n) is 10.0. The van der Waals surface area contributed by atoms with Crippen LogP contribution in [0, 0.1) is 5.92 Å². The Hall–Kier alpha value is -1.12. The minimum Gasteiger partial charge on any atom is -0.306 e. The summed E-state index contributed by atoms with van der Waals surface area (Å²) in [6.45, 7) is 5.24. The van der Waals surface area contributed by atoms with Crippen molar-refractivity contribution in [2.75, 3.05) is 33.2 Å². The Kier molecular flexibility index (Phi) is 8.33. The topological polar surface area (TPSA) is 40.6 Å². The van der Waals surface area contributed by atoms with Crippen molar-refractivity contribution in [2.45, 2.75) is 56.5 Å². The van der Waals surface area contributed by atoms with Gasteiger partial charge >= 0.3 is 6.18 Å². The van der Waals surface area contributed by atoms with Gasteiger partial charge in [-0.25, -0.2) is 8.42 Å². The van der Waals surface area contributed by atoms with E-state index in [-0.39, 0.29) is 4.90 Å². The van der Waals surface area contributed by atoms with Gasteiger partial charge in [-0.15, -0.1) is 0 Å². The first-order chi connectivity index (χ1) is 13.1. The molecule has 0 aromatic heterocycles. The molecular formula is C20H31F3N2O2S. The van der Waals surface area contributed by atoms with Crippen LogP contribution in [0.15, 0.2) is 29.2 Å². The predicted octanol–water partition coefficient (Wildman–Crippen LogP) is 4.62. The van der Waals surface area contributed by atoms with Crippen LogP contribution in [0.2, 0.25) is 0 Å². The minimum absolute atomic E-state index is 0.0714. The molecule has 0 radical (unpaired) electrons. The Balaban J connectivity index is 1.81. The average Bonchev–Trinajstić information content (AvgIpc) is 2.65. The van der Waals surface area contributed by atoms with Crippen molar-refractivity contribution in [3.8, 4) is 0 Å². The second kappa shape index (κ2) is 10.1. The van der Waals surface area contributed by atoms with E-state index in [9.17, 15) is 21.6 Å². The lowest BCUT2D eigenvalue weighted by atomic mass is 9.92. The summed E-state index contributed by atoms with van der Waals surface area (Å²) in [5.74, 6) is 0.524. The number of hydrogen-bond acceptors (Lipinski definition) is 3. The Bertz CT molecular complexity index is 697. The van der Waals surface area contributed by atoms with Crippen molar-refractivity contribution in [3.05, 3.63) is 29.8 Å². The van der Waals surface area contributed by atoms with Gasteiger partial charge in [0, 0.05) is 13.1 Å². The van der Waals surface area contributed by atoms with E-state index >= 15 is 0 Å². The SMILES string of the molecule is CCCN(C)CCCCC1CCN(S(=O)(=O)c2ccc(C(F)(F)F)cc2)CC1. The van der Waals surface area contributed by atoms with E-state index in [0.717, 1.165) is 75.9 Å². The van der Waals surface area contributed by atoms with Crippen molar-refractivity contribution in [3.63, 3.8) is 0 Å². The third-order valence-corrected chi connectivity index (χ3v) is 7.31. The molecule has 1 saturated heterocycles. The van der Waals surface area contributed by atoms with Crippen molar-refractivity contribution >= 4 is 10.0 Å². The number of alkyl halides is 3. The van der Waals surface area contributed by atoms with Crippen molar-refractivity contribution in [1.29, 1.82) is 0 Å². The number of benzene rings is 1. The fourth-order valence-corrected chi connectivity index (χ4v) is 5.18. The summed E-state index contributed by atoms with van der Waals surface area (Å²) in [5, 5.41) is 0. The van der Waals surface area contributed by atoms with Gasteiger partial charge in [-0.2, -0.15) is 17.5 Å². The molecule has 0 amide bonds. The molecule has 2 rings (SSSR count). The van der Waals surface area contributed by atoms with E-state index < -0.39 is 21.8 Å². The van der Waals surface area contributed by atoms with Crippen molar-refractivity contribution < 1.29 is 21.6 Å². The molecule has 0 saturated carbocycles. The normalized spacial score (nSPS) is 17.4. The largest absolute Gasteiger partial charge is 0.416 e. The van der Waals surface area contributed by atoms with Gasteiger partial charge < -0.3 is 4.90 Å². The lowest BCUT2D eigenvalue weighted by Crippen LogP contribution is -2.38. The van der Waals surface area contributed by atoms with Gasteiger partial charge in [0.2, 0.25) is 10.0 Å². The molecule has 160 valence electrons. The Morgan fingerprint density at radius 2 is 1.68 bits per heavy atom. The molecule has 0 atom stereocenters. The molecule has 1 aliphatic rings. The van der Waals surface area contributed by atoms with Gasteiger partial charge in [-0.05, 0) is 76.0 Å². The Morgan fingerprint density at radius 1 is 1.07 bits per heavy atom. The molecule has 0 bridgehead atoms. The molecule has 0 spiro atoms. The van der Waals surface area contributed by atoms with Gasteiger partial charge in [0.15, 0.2) is 0 Å². The van der Waals surface area contributed by atoms with Crippen LogP contribution in [0.1, 0.15) is 51.0 Å². The minimum atomic E-state index is -4.47. The molecule has 1 aliphatic heterocycles. The zero-order chi connectivity index (χ0) is 20.8. The van der Waals surface area contributed by atoms with Gasteiger partial charge in [0.25, 0.3) is 0 Å². The number of rotatable bonds is 9. The zero-order valence-corrected chi connectivity index (χ0v) is 17.5. The molecule has 0 unspecified atom stereocenters. The van der Waals surface area contributed by atoms with Crippen molar-refractivity contribution in [1.82, 2.24) is 9.21 Å². The maximum Gasteiger partial charge on any atom is 0.416 e. The van der Waals surface area contributed by atoms with Crippen LogP contribution in [0.25, 0.3) is 0 Å². The highest BCUT2D eigenvalue weighted by Crippen LogP contribution is 2.31. The Labute approximate surface area is 166 Å². The third kappa shape index (κ3) is 6.46. The first kappa shape index (κ1) is 23.2. The van der Waals surface area contributed by atoms with E-state index in [1.165, 1.54) is 4.31 Å². The summed E-state index contributed by atoms with van der Waals surface area (Å²) >= 11 is 0. The number of piperidine rings is 1. The summed E-state index contributed by atoms with van der Waals surface area (Å²) in [6.07, 6.45) is 1.71. The lowest BCUT2D eigenvalue weighted by Gasteiger charge is -2.31. The maximum atomic E-state index is 12.7. The molecule has 1 fully saturated rings. The monoisotopic (exact) mass is 420 g/mol. The molecule has 28 heavy (non-hydrogen) atoms. The molecule has 8 heteroatoms. The van der Waals surface area contributed by atoms with Crippen LogP contribution in [-0.2, 0) is 16.2 Å². The summed E-state index contributed by atoms with van der Waals surface area (Å²) in [5.41, 5.74) is -0.838. The third-order valence-electron chi connectivity index (χ3n) is 5.40. The summed E-state index contributed by atoms with van der Waals surface area (Å²) < 4.78 is 64.8. The highest BCUT2D eigenvalue weighted by Gasteiger charge is 2.32. The van der Waals surface area contributed by atoms with Crippen LogP contribution >= 0.6 is 0 Å². The van der Waals surface area contributed by atoms with Crippen LogP contribution < -0.4 is 0 Å². The molecule has 1 heterocycles. The van der Waals surface area contributed by atoms with Crippen LogP contribution in [0.4, 0.5) is 13.2 Å². The van der Waals surface area contributed by atoms with Gasteiger partial charge in [-0.1, -0.05) is 19.8 Å². The molecule has 1 aromatic rings. The van der Waals surface area contributed by atoms with Gasteiger partial charge in [0.05, 0.1) is 10.5 Å². The standard InChI is InChI=1S/C20H31F3N2O2S/c1-3-13-24(2)14-5-4-6-17-11-15-25(16-12-17)28(26,27)19-9-7-18(8-10-19)20(21,22)23/h7-10,17H,3-6,11-16H2,1-2H3. The number of unbranched alkanes of at least 4 members (excludes halogenated alkanes) is 1. The molecule has 0 N–H and O–H groups in total. The maximum absolute atomic E-state index is 12.7. The quantitative estimate of drug-likeness (QED) is 0.548. The molecular weight excluding hydrogens is 389 g/mol. The fraction of sp³-hybridized carbons (Fsp3) is 0.700. The van der Waals surface area contributed by atoms with Crippen molar-refractivity contribution in [2.24, 2.45) is 5.92 Å². The second-order valence-corrected chi connectivity index (χ2v) is 9.61. The average molecular weight is 421 g/mol. The van der Waals surface area contributed by atoms with Crippen LogP contribution in [0.5, 0.6) is 0 Å². The highest BCUT2D eigenvalue weighted by atomic mass is 32.2. The second-order valence-electron chi connectivity index (χ2n) is 7.67.